The van der Waals surface area contributed by atoms with E-state index in [1.807, 2.05) is 12.4 Å². The maximum atomic E-state index is 4.60. The van der Waals surface area contributed by atoms with Gasteiger partial charge in [0.2, 0.25) is 0 Å². The number of rotatable bonds is 14. The molecular formula is C54H56Cl2N2Zr. The summed E-state index contributed by atoms with van der Waals surface area (Å²) in [4.78, 5) is 9.20. The molecule has 2 heterocycles. The minimum atomic E-state index is 0. The van der Waals surface area contributed by atoms with Crippen molar-refractivity contribution in [1.82, 2.24) is 9.97 Å². The molecule has 8 aromatic rings. The second-order valence-corrected chi connectivity index (χ2v) is 15.6. The Labute approximate surface area is 384 Å². The molecule has 0 unspecified atom stereocenters. The van der Waals surface area contributed by atoms with Crippen LogP contribution in [-0.4, -0.2) is 9.97 Å². The van der Waals surface area contributed by atoms with Gasteiger partial charge in [-0.15, -0.1) is 69.1 Å². The fourth-order valence-corrected chi connectivity index (χ4v) is 7.76. The third-order valence-corrected chi connectivity index (χ3v) is 11.1. The largest absolute Gasteiger partial charge is 4.00 e. The molecule has 0 aliphatic heterocycles. The number of hydrogen-bond donors (Lipinski definition) is 0. The number of halogens is 2. The molecular weight excluding hydrogens is 839 g/mol. The van der Waals surface area contributed by atoms with Crippen molar-refractivity contribution >= 4 is 21.5 Å². The van der Waals surface area contributed by atoms with Gasteiger partial charge in [0.1, 0.15) is 0 Å². The number of unbranched alkanes of at least 4 members (excludes halogenated alkanes) is 6. The number of benzene rings is 4. The van der Waals surface area contributed by atoms with Crippen LogP contribution in [0.5, 0.6) is 0 Å². The summed E-state index contributed by atoms with van der Waals surface area (Å²) < 4.78 is 0. The first-order valence-corrected chi connectivity index (χ1v) is 20.9. The Morgan fingerprint density at radius 3 is 1.22 bits per heavy atom. The van der Waals surface area contributed by atoms with E-state index in [9.17, 15) is 0 Å². The van der Waals surface area contributed by atoms with Crippen LogP contribution >= 0.6 is 0 Å². The molecule has 0 saturated heterocycles. The zero-order chi connectivity index (χ0) is 38.7. The first kappa shape index (κ1) is 47.5. The second-order valence-electron chi connectivity index (χ2n) is 15.6. The molecule has 0 atom stereocenters. The molecule has 2 nitrogen and oxygen atoms in total. The molecule has 0 amide bonds. The Bertz CT molecular complexity index is 2270. The standard InChI is InChI=1S/2C27H28N.2ClH.Zr/c2*1-3-4-5-6-8-21-12-14-22(15-13-21)25-10-7-9-23-17-24(18-26(23)25)27-16-11-20(2)19-28-27;;;/h2*7,9-19H,3-6,8H2,1-2H3;2*1H;/q2*-1;;;+4/p-2. The zero-order valence-electron chi connectivity index (χ0n) is 35.1. The van der Waals surface area contributed by atoms with E-state index < -0.39 is 0 Å². The summed E-state index contributed by atoms with van der Waals surface area (Å²) in [6.45, 7) is 8.67. The van der Waals surface area contributed by atoms with Gasteiger partial charge in [0.25, 0.3) is 0 Å². The minimum absolute atomic E-state index is 0. The SMILES string of the molecule is CCCCCCc1ccc(-c2cccc3[cH-]c(-c4ccc(C)cn4)cc23)cc1.CCCCCCc1ccc(-c2cccc3[cH-]c(-c4ccc(C)cn4)cc23)cc1.[Cl-].[Cl-].[Zr+4]. The second kappa shape index (κ2) is 23.6. The fourth-order valence-electron chi connectivity index (χ4n) is 7.76. The average molecular weight is 895 g/mol. The van der Waals surface area contributed by atoms with Crippen LogP contribution in [0, 0.1) is 13.8 Å². The Kier molecular flexibility index (Phi) is 19.0. The summed E-state index contributed by atoms with van der Waals surface area (Å²) in [5.41, 5.74) is 14.9. The molecule has 0 bridgehead atoms. The van der Waals surface area contributed by atoms with E-state index in [1.54, 1.807) is 0 Å². The molecule has 2 aromatic heterocycles. The monoisotopic (exact) mass is 892 g/mol. The van der Waals surface area contributed by atoms with E-state index in [0.717, 1.165) is 11.4 Å². The van der Waals surface area contributed by atoms with E-state index in [1.165, 1.54) is 141 Å². The normalized spacial score (nSPS) is 10.6. The van der Waals surface area contributed by atoms with E-state index in [0.29, 0.717) is 0 Å². The summed E-state index contributed by atoms with van der Waals surface area (Å²) in [6, 6.07) is 49.0. The fraction of sp³-hybridized carbons (Fsp3) is 0.259. The quantitative estimate of drug-likeness (QED) is 0.0804. The molecule has 8 rings (SSSR count). The van der Waals surface area contributed by atoms with Gasteiger partial charge in [0, 0.05) is 23.8 Å². The van der Waals surface area contributed by atoms with E-state index in [-0.39, 0.29) is 51.0 Å². The molecule has 5 heteroatoms. The van der Waals surface area contributed by atoms with Gasteiger partial charge in [-0.2, -0.15) is 0 Å². The Balaban J connectivity index is 0.000000248. The molecule has 0 aliphatic carbocycles. The summed E-state index contributed by atoms with van der Waals surface area (Å²) in [5, 5.41) is 5.16. The van der Waals surface area contributed by atoms with Crippen LogP contribution < -0.4 is 24.8 Å². The van der Waals surface area contributed by atoms with Gasteiger partial charge < -0.3 is 24.8 Å². The van der Waals surface area contributed by atoms with Gasteiger partial charge in [0.15, 0.2) is 0 Å². The van der Waals surface area contributed by atoms with Crippen molar-refractivity contribution in [3.63, 3.8) is 0 Å². The molecule has 0 saturated carbocycles. The van der Waals surface area contributed by atoms with Crippen LogP contribution in [0.4, 0.5) is 0 Å². The minimum Gasteiger partial charge on any atom is -1.00 e. The summed E-state index contributed by atoms with van der Waals surface area (Å²) >= 11 is 0. The summed E-state index contributed by atoms with van der Waals surface area (Å²) in [6.07, 6.45) is 16.8. The molecule has 0 spiro atoms. The van der Waals surface area contributed by atoms with Crippen LogP contribution in [0.3, 0.4) is 0 Å². The summed E-state index contributed by atoms with van der Waals surface area (Å²) in [7, 11) is 0. The van der Waals surface area contributed by atoms with Gasteiger partial charge in [0.05, 0.1) is 0 Å². The third kappa shape index (κ3) is 12.5. The molecule has 0 radical (unpaired) electrons. The van der Waals surface area contributed by atoms with Gasteiger partial charge in [-0.3, -0.25) is 9.97 Å². The number of pyridine rings is 2. The number of aryl methyl sites for hydroxylation is 4. The van der Waals surface area contributed by atoms with E-state index in [4.69, 9.17) is 0 Å². The van der Waals surface area contributed by atoms with Crippen molar-refractivity contribution in [2.24, 2.45) is 0 Å². The van der Waals surface area contributed by atoms with Crippen molar-refractivity contribution in [3.8, 4) is 44.8 Å². The number of nitrogens with zero attached hydrogens (tertiary/aromatic N) is 2. The van der Waals surface area contributed by atoms with Crippen LogP contribution in [0.1, 0.15) is 87.5 Å². The molecule has 6 aromatic carbocycles. The first-order chi connectivity index (χ1) is 27.5. The predicted molar refractivity (Wildman–Crippen MR) is 242 cm³/mol. The van der Waals surface area contributed by atoms with Crippen molar-refractivity contribution < 1.29 is 51.0 Å². The van der Waals surface area contributed by atoms with Crippen molar-refractivity contribution in [3.05, 3.63) is 168 Å². The number of hydrogen-bond acceptors (Lipinski definition) is 2. The Morgan fingerprint density at radius 2 is 0.864 bits per heavy atom. The van der Waals surface area contributed by atoms with Crippen LogP contribution in [0.25, 0.3) is 66.3 Å². The molecule has 0 aliphatic rings. The van der Waals surface area contributed by atoms with Gasteiger partial charge in [-0.25, -0.2) is 0 Å². The van der Waals surface area contributed by atoms with Crippen molar-refractivity contribution in [2.75, 3.05) is 0 Å². The average Bonchev–Trinajstić information content (AvgIpc) is 3.88. The topological polar surface area (TPSA) is 25.8 Å². The van der Waals surface area contributed by atoms with E-state index in [2.05, 4.69) is 171 Å². The van der Waals surface area contributed by atoms with Crippen LogP contribution in [0.15, 0.2) is 146 Å². The number of aromatic nitrogens is 2. The molecule has 59 heavy (non-hydrogen) atoms. The van der Waals surface area contributed by atoms with Crippen LogP contribution in [0.2, 0.25) is 0 Å². The molecule has 0 fully saturated rings. The van der Waals surface area contributed by atoms with E-state index >= 15 is 0 Å². The number of fused-ring (bicyclic) bond motifs is 2. The van der Waals surface area contributed by atoms with Gasteiger partial charge in [-0.05, 0) is 72.9 Å². The summed E-state index contributed by atoms with van der Waals surface area (Å²) in [5.74, 6) is 0. The molecule has 0 N–H and O–H groups in total. The molecule has 300 valence electrons. The van der Waals surface area contributed by atoms with Crippen LogP contribution in [-0.2, 0) is 39.0 Å². The van der Waals surface area contributed by atoms with Crippen molar-refractivity contribution in [2.45, 2.75) is 91.9 Å². The predicted octanol–water partition coefficient (Wildman–Crippen LogP) is 9.44. The van der Waals surface area contributed by atoms with Gasteiger partial charge >= 0.3 is 26.2 Å². The zero-order valence-corrected chi connectivity index (χ0v) is 39.0. The Hall–Kier alpha value is -4.14. The first-order valence-electron chi connectivity index (χ1n) is 20.9. The Morgan fingerprint density at radius 1 is 0.458 bits per heavy atom. The maximum Gasteiger partial charge on any atom is 4.00 e. The third-order valence-electron chi connectivity index (χ3n) is 11.1. The maximum absolute atomic E-state index is 4.60. The van der Waals surface area contributed by atoms with Gasteiger partial charge in [-0.1, -0.05) is 161 Å². The smallest absolute Gasteiger partial charge is 1.00 e. The van der Waals surface area contributed by atoms with Crippen molar-refractivity contribution in [1.29, 1.82) is 0 Å².